The van der Waals surface area contributed by atoms with E-state index >= 15 is 0 Å². The quantitative estimate of drug-likeness (QED) is 0.367. The lowest BCUT2D eigenvalue weighted by molar-refractivity contribution is -0.386. The lowest BCUT2D eigenvalue weighted by atomic mass is 10.2. The lowest BCUT2D eigenvalue weighted by Crippen LogP contribution is -2.24. The third-order valence-corrected chi connectivity index (χ3v) is 4.00. The Balaban J connectivity index is 2.23. The molecule has 0 bridgehead atoms. The molecule has 2 rings (SSSR count). The van der Waals surface area contributed by atoms with Gasteiger partial charge in [0.25, 0.3) is 0 Å². The Labute approximate surface area is 107 Å². The van der Waals surface area contributed by atoms with Crippen molar-refractivity contribution in [3.05, 3.63) is 34.4 Å². The number of ether oxygens (including phenoxy) is 1. The molecule has 5 heteroatoms. The highest BCUT2D eigenvalue weighted by molar-refractivity contribution is 14.1. The van der Waals surface area contributed by atoms with Gasteiger partial charge in [0.2, 0.25) is 0 Å². The van der Waals surface area contributed by atoms with Crippen molar-refractivity contribution in [3.63, 3.8) is 0 Å². The molecule has 0 unspecified atom stereocenters. The first kappa shape index (κ1) is 11.6. The zero-order valence-electron chi connectivity index (χ0n) is 8.69. The van der Waals surface area contributed by atoms with Crippen LogP contribution in [0.5, 0.6) is 5.75 Å². The SMILES string of the molecule is O=[N+]([O-])c1ccccc1OC1(I)CCCC1. The van der Waals surface area contributed by atoms with Crippen molar-refractivity contribution >= 4 is 28.3 Å². The van der Waals surface area contributed by atoms with Gasteiger partial charge in [0.1, 0.15) is 0 Å². The van der Waals surface area contributed by atoms with E-state index < -0.39 is 4.92 Å². The average Bonchev–Trinajstić information content (AvgIpc) is 2.65. The van der Waals surface area contributed by atoms with Crippen molar-refractivity contribution in [3.8, 4) is 5.75 Å². The number of nitro groups is 1. The summed E-state index contributed by atoms with van der Waals surface area (Å²) in [5.74, 6) is 0.379. The van der Waals surface area contributed by atoms with Crippen molar-refractivity contribution in [1.82, 2.24) is 0 Å². The Bertz CT molecular complexity index is 402. The minimum Gasteiger partial charge on any atom is -0.470 e. The van der Waals surface area contributed by atoms with Gasteiger partial charge in [-0.15, -0.1) is 0 Å². The van der Waals surface area contributed by atoms with E-state index in [0.29, 0.717) is 5.75 Å². The second-order valence-electron chi connectivity index (χ2n) is 3.92. The van der Waals surface area contributed by atoms with E-state index in [1.54, 1.807) is 18.2 Å². The number of rotatable bonds is 3. The van der Waals surface area contributed by atoms with Gasteiger partial charge in [-0.1, -0.05) is 12.1 Å². The molecular weight excluding hydrogens is 321 g/mol. The number of benzene rings is 1. The summed E-state index contributed by atoms with van der Waals surface area (Å²) in [5, 5.41) is 10.8. The molecule has 0 atom stereocenters. The standard InChI is InChI=1S/C11H12INO3/c12-11(7-3-4-8-11)16-10-6-2-1-5-9(10)13(14)15/h1-2,5-6H,3-4,7-8H2. The molecule has 1 fully saturated rings. The molecule has 0 aliphatic heterocycles. The van der Waals surface area contributed by atoms with Crippen LogP contribution in [0.4, 0.5) is 5.69 Å². The topological polar surface area (TPSA) is 52.4 Å². The summed E-state index contributed by atoms with van der Waals surface area (Å²) in [5.41, 5.74) is 0.0467. The van der Waals surface area contributed by atoms with Gasteiger partial charge >= 0.3 is 5.69 Å². The van der Waals surface area contributed by atoms with Crippen molar-refractivity contribution in [2.75, 3.05) is 0 Å². The summed E-state index contributed by atoms with van der Waals surface area (Å²) < 4.78 is 5.54. The Kier molecular flexibility index (Phi) is 3.32. The maximum absolute atomic E-state index is 10.8. The Hall–Kier alpha value is -0.850. The van der Waals surface area contributed by atoms with Gasteiger partial charge in [0.05, 0.1) is 4.92 Å². The molecule has 4 nitrogen and oxygen atoms in total. The molecule has 86 valence electrons. The van der Waals surface area contributed by atoms with Crippen molar-refractivity contribution in [2.45, 2.75) is 29.3 Å². The van der Waals surface area contributed by atoms with Crippen LogP contribution >= 0.6 is 22.6 Å². The van der Waals surface area contributed by atoms with E-state index in [1.165, 1.54) is 6.07 Å². The van der Waals surface area contributed by atoms with E-state index in [2.05, 4.69) is 22.6 Å². The monoisotopic (exact) mass is 333 g/mol. The summed E-state index contributed by atoms with van der Waals surface area (Å²) >= 11 is 2.26. The van der Waals surface area contributed by atoms with Crippen LogP contribution in [-0.2, 0) is 0 Å². The van der Waals surface area contributed by atoms with Crippen LogP contribution in [0.25, 0.3) is 0 Å². The third kappa shape index (κ3) is 2.45. The van der Waals surface area contributed by atoms with Gasteiger partial charge < -0.3 is 4.74 Å². The number of hydrogen-bond acceptors (Lipinski definition) is 3. The van der Waals surface area contributed by atoms with Crippen LogP contribution in [-0.4, -0.2) is 8.53 Å². The van der Waals surface area contributed by atoms with Gasteiger partial charge in [0.15, 0.2) is 9.36 Å². The zero-order chi connectivity index (χ0) is 11.6. The molecule has 1 aliphatic carbocycles. The number of nitro benzene ring substituents is 1. The molecule has 1 aliphatic rings. The van der Waals surface area contributed by atoms with Crippen LogP contribution in [0, 0.1) is 10.1 Å². The van der Waals surface area contributed by atoms with Crippen LogP contribution in [0.1, 0.15) is 25.7 Å². The molecule has 0 spiro atoms. The number of halogens is 1. The molecule has 0 radical (unpaired) electrons. The second-order valence-corrected chi connectivity index (χ2v) is 5.88. The number of nitrogens with zero attached hydrogens (tertiary/aromatic N) is 1. The van der Waals surface area contributed by atoms with Crippen molar-refractivity contribution in [1.29, 1.82) is 0 Å². The number of para-hydroxylation sites is 2. The summed E-state index contributed by atoms with van der Waals surface area (Å²) in [6, 6.07) is 6.55. The highest BCUT2D eigenvalue weighted by Gasteiger charge is 2.34. The molecule has 0 N–H and O–H groups in total. The fourth-order valence-corrected chi connectivity index (χ4v) is 2.90. The molecule has 1 aromatic carbocycles. The first-order valence-electron chi connectivity index (χ1n) is 5.22. The van der Waals surface area contributed by atoms with E-state index in [9.17, 15) is 10.1 Å². The summed E-state index contributed by atoms with van der Waals surface area (Å²) in [6.07, 6.45) is 4.17. The fraction of sp³-hybridized carbons (Fsp3) is 0.455. The van der Waals surface area contributed by atoms with E-state index in [1.807, 2.05) is 0 Å². The fourth-order valence-electron chi connectivity index (χ4n) is 1.90. The second kappa shape index (κ2) is 4.57. The number of hydrogen-bond donors (Lipinski definition) is 0. The summed E-state index contributed by atoms with van der Waals surface area (Å²) in [4.78, 5) is 10.4. The first-order chi connectivity index (χ1) is 7.61. The predicted octanol–water partition coefficient (Wildman–Crippen LogP) is 3.68. The Morgan fingerprint density at radius 3 is 2.56 bits per heavy atom. The highest BCUT2D eigenvalue weighted by Crippen LogP contribution is 2.41. The molecule has 0 amide bonds. The first-order valence-corrected chi connectivity index (χ1v) is 6.30. The third-order valence-electron chi connectivity index (χ3n) is 2.71. The average molecular weight is 333 g/mol. The van der Waals surface area contributed by atoms with Gasteiger partial charge in [-0.3, -0.25) is 10.1 Å². The van der Waals surface area contributed by atoms with E-state index in [4.69, 9.17) is 4.74 Å². The van der Waals surface area contributed by atoms with Gasteiger partial charge in [-0.25, -0.2) is 0 Å². The largest absolute Gasteiger partial charge is 0.470 e. The van der Waals surface area contributed by atoms with Gasteiger partial charge in [-0.05, 0) is 54.3 Å². The zero-order valence-corrected chi connectivity index (χ0v) is 10.8. The van der Waals surface area contributed by atoms with Crippen LogP contribution in [0.15, 0.2) is 24.3 Å². The van der Waals surface area contributed by atoms with Gasteiger partial charge in [-0.2, -0.15) is 0 Å². The normalized spacial score (nSPS) is 18.3. The highest BCUT2D eigenvalue weighted by atomic mass is 127. The lowest BCUT2D eigenvalue weighted by Gasteiger charge is -2.23. The maximum Gasteiger partial charge on any atom is 0.310 e. The predicted molar refractivity (Wildman–Crippen MR) is 68.9 cm³/mol. The Morgan fingerprint density at radius 2 is 1.94 bits per heavy atom. The minimum absolute atomic E-state index is 0.0467. The maximum atomic E-state index is 10.8. The van der Waals surface area contributed by atoms with Crippen molar-refractivity contribution < 1.29 is 9.66 Å². The van der Waals surface area contributed by atoms with E-state index in [0.717, 1.165) is 25.7 Å². The summed E-state index contributed by atoms with van der Waals surface area (Å²) in [7, 11) is 0. The van der Waals surface area contributed by atoms with Crippen molar-refractivity contribution in [2.24, 2.45) is 0 Å². The van der Waals surface area contributed by atoms with Gasteiger partial charge in [0, 0.05) is 6.07 Å². The summed E-state index contributed by atoms with van der Waals surface area (Å²) in [6.45, 7) is 0. The van der Waals surface area contributed by atoms with Crippen LogP contribution in [0.2, 0.25) is 0 Å². The molecule has 0 saturated heterocycles. The molecule has 1 aromatic rings. The molecular formula is C11H12INO3. The molecule has 16 heavy (non-hydrogen) atoms. The van der Waals surface area contributed by atoms with Crippen LogP contribution < -0.4 is 4.74 Å². The molecule has 0 heterocycles. The van der Waals surface area contributed by atoms with E-state index in [-0.39, 0.29) is 9.30 Å². The Morgan fingerprint density at radius 1 is 1.31 bits per heavy atom. The molecule has 0 aromatic heterocycles. The van der Waals surface area contributed by atoms with Crippen LogP contribution in [0.3, 0.4) is 0 Å². The smallest absolute Gasteiger partial charge is 0.310 e. The number of alkyl halides is 1. The molecule has 1 saturated carbocycles. The minimum atomic E-state index is -0.399.